The molecular formula is C31H31N2O3S+. The summed E-state index contributed by atoms with van der Waals surface area (Å²) in [5.74, 6) is 0.265. The van der Waals surface area contributed by atoms with Gasteiger partial charge < -0.3 is 14.5 Å². The molecule has 2 bridgehead atoms. The molecule has 37 heavy (non-hydrogen) atoms. The van der Waals surface area contributed by atoms with Crippen LogP contribution in [0.15, 0.2) is 90.3 Å². The number of hydrogen-bond acceptors (Lipinski definition) is 5. The first kappa shape index (κ1) is 23.9. The molecule has 0 spiro atoms. The molecule has 5 nitrogen and oxygen atoms in total. The van der Waals surface area contributed by atoms with Crippen LogP contribution in [0.25, 0.3) is 10.1 Å². The molecule has 3 aromatic carbocycles. The van der Waals surface area contributed by atoms with E-state index in [1.54, 1.807) is 11.3 Å². The second-order valence-corrected chi connectivity index (χ2v) is 11.3. The Bertz CT molecular complexity index is 1390. The van der Waals surface area contributed by atoms with Crippen molar-refractivity contribution in [3.63, 3.8) is 0 Å². The Labute approximate surface area is 221 Å². The van der Waals surface area contributed by atoms with Gasteiger partial charge in [-0.2, -0.15) is 0 Å². The van der Waals surface area contributed by atoms with Crippen LogP contribution in [0.2, 0.25) is 0 Å². The summed E-state index contributed by atoms with van der Waals surface area (Å²) in [7, 11) is 0. The predicted molar refractivity (Wildman–Crippen MR) is 148 cm³/mol. The third-order valence-corrected chi connectivity index (χ3v) is 9.00. The molecule has 0 aliphatic carbocycles. The van der Waals surface area contributed by atoms with Gasteiger partial charge in [0.2, 0.25) is 5.78 Å². The van der Waals surface area contributed by atoms with Gasteiger partial charge in [0.15, 0.2) is 12.1 Å². The Morgan fingerprint density at radius 2 is 1.65 bits per heavy atom. The number of carbonyl (C=O) groups is 2. The van der Waals surface area contributed by atoms with Crippen molar-refractivity contribution in [3.8, 4) is 0 Å². The van der Waals surface area contributed by atoms with Crippen molar-refractivity contribution in [2.24, 2.45) is 5.92 Å². The molecule has 1 aromatic heterocycles. The maximum Gasteiger partial charge on any atom is 0.333 e. The fourth-order valence-corrected chi connectivity index (χ4v) is 6.97. The van der Waals surface area contributed by atoms with E-state index < -0.39 is 6.04 Å². The van der Waals surface area contributed by atoms with Gasteiger partial charge in [-0.25, -0.2) is 4.79 Å². The minimum absolute atomic E-state index is 0.166. The van der Waals surface area contributed by atoms with E-state index in [2.05, 4.69) is 22.8 Å². The molecule has 0 radical (unpaired) electrons. The number of rotatable bonds is 8. The highest BCUT2D eigenvalue weighted by Crippen LogP contribution is 2.38. The summed E-state index contributed by atoms with van der Waals surface area (Å²) in [5, 5.41) is 6.63. The van der Waals surface area contributed by atoms with Crippen molar-refractivity contribution in [3.05, 3.63) is 101 Å². The molecule has 6 heteroatoms. The van der Waals surface area contributed by atoms with Gasteiger partial charge in [-0.15, -0.1) is 11.3 Å². The summed E-state index contributed by atoms with van der Waals surface area (Å²) in [6.45, 7) is 3.11. The number of esters is 1. The standard InChI is InChI=1S/C31H31N2O3S/c34-27(22-8-3-1-4-9-22)20-33-17-14-23(15-18-33)28(21-33)36-31(35)29(32-25-11-5-2-6-12-25)26-13-7-10-24-16-19-37-30(24)26/h1-13,16,19,23,28-29,32H,14-15,17-18,20-21H2/q+1/t23?,28-,29?,33?/m0/s1. The number of ketones is 1. The first-order chi connectivity index (χ1) is 18.1. The van der Waals surface area contributed by atoms with Gasteiger partial charge in [0, 0.05) is 40.3 Å². The molecule has 2 atom stereocenters. The summed E-state index contributed by atoms with van der Waals surface area (Å²) in [4.78, 5) is 26.9. The second kappa shape index (κ2) is 10.1. The number of nitrogens with zero attached hydrogens (tertiary/aromatic N) is 1. The van der Waals surface area contributed by atoms with E-state index in [4.69, 9.17) is 4.74 Å². The van der Waals surface area contributed by atoms with Crippen LogP contribution in [0, 0.1) is 5.92 Å². The summed E-state index contributed by atoms with van der Waals surface area (Å²) in [6, 6.07) is 26.9. The van der Waals surface area contributed by atoms with Gasteiger partial charge >= 0.3 is 5.97 Å². The highest BCUT2D eigenvalue weighted by Gasteiger charge is 2.49. The van der Waals surface area contributed by atoms with Crippen LogP contribution in [0.5, 0.6) is 0 Å². The maximum absolute atomic E-state index is 13.9. The topological polar surface area (TPSA) is 55.4 Å². The Morgan fingerprint density at radius 3 is 2.41 bits per heavy atom. The van der Waals surface area contributed by atoms with Gasteiger partial charge in [0.25, 0.3) is 0 Å². The lowest BCUT2D eigenvalue weighted by atomic mass is 9.82. The average molecular weight is 512 g/mol. The average Bonchev–Trinajstić information content (AvgIpc) is 3.43. The normalized spacial score (nSPS) is 23.5. The summed E-state index contributed by atoms with van der Waals surface area (Å²) in [5.41, 5.74) is 2.57. The van der Waals surface area contributed by atoms with Crippen LogP contribution < -0.4 is 5.32 Å². The minimum Gasteiger partial charge on any atom is -0.454 e. The zero-order chi connectivity index (χ0) is 25.2. The SMILES string of the molecule is O=C(C[N+]12CCC(CC1)[C@@H](OC(=O)C(Nc1ccccc1)c1cccc3ccsc13)C2)c1ccccc1. The van der Waals surface area contributed by atoms with Crippen LogP contribution in [-0.4, -0.2) is 48.5 Å². The highest BCUT2D eigenvalue weighted by molar-refractivity contribution is 7.17. The van der Waals surface area contributed by atoms with Crippen LogP contribution in [0.1, 0.15) is 34.8 Å². The number of benzene rings is 3. The minimum atomic E-state index is -0.611. The summed E-state index contributed by atoms with van der Waals surface area (Å²) < 4.78 is 8.13. The number of piperidine rings is 3. The quantitative estimate of drug-likeness (QED) is 0.177. The molecule has 7 rings (SSSR count). The van der Waals surface area contributed by atoms with Crippen LogP contribution in [0.4, 0.5) is 5.69 Å². The predicted octanol–water partition coefficient (Wildman–Crippen LogP) is 6.09. The lowest BCUT2D eigenvalue weighted by Gasteiger charge is -2.51. The fourth-order valence-electron chi connectivity index (χ4n) is 6.02. The largest absolute Gasteiger partial charge is 0.454 e. The lowest BCUT2D eigenvalue weighted by Crippen LogP contribution is -2.65. The Kier molecular flexibility index (Phi) is 6.53. The Morgan fingerprint density at radius 1 is 0.919 bits per heavy atom. The molecule has 3 fully saturated rings. The van der Waals surface area contributed by atoms with Crippen molar-refractivity contribution >= 4 is 38.9 Å². The first-order valence-electron chi connectivity index (χ1n) is 13.0. The zero-order valence-electron chi connectivity index (χ0n) is 20.7. The van der Waals surface area contributed by atoms with Crippen LogP contribution >= 0.6 is 11.3 Å². The highest BCUT2D eigenvalue weighted by atomic mass is 32.1. The molecule has 3 saturated heterocycles. The molecule has 188 valence electrons. The van der Waals surface area contributed by atoms with E-state index in [1.807, 2.05) is 72.8 Å². The number of thiophene rings is 1. The van der Waals surface area contributed by atoms with E-state index in [9.17, 15) is 9.59 Å². The number of Topliss-reactive ketones (excluding diaryl/α,β-unsaturated/α-hetero) is 1. The summed E-state index contributed by atoms with van der Waals surface area (Å²) >= 11 is 1.64. The number of nitrogens with one attached hydrogen (secondary N) is 1. The van der Waals surface area contributed by atoms with E-state index >= 15 is 0 Å². The molecule has 0 saturated carbocycles. The van der Waals surface area contributed by atoms with Crippen molar-refractivity contribution in [1.29, 1.82) is 0 Å². The molecule has 1 N–H and O–H groups in total. The Balaban J connectivity index is 1.24. The number of para-hydroxylation sites is 1. The third kappa shape index (κ3) is 4.91. The summed E-state index contributed by atoms with van der Waals surface area (Å²) in [6.07, 6.45) is 1.79. The lowest BCUT2D eigenvalue weighted by molar-refractivity contribution is -0.938. The Hall–Kier alpha value is -3.48. The van der Waals surface area contributed by atoms with Gasteiger partial charge in [-0.05, 0) is 29.0 Å². The number of quaternary nitrogens is 1. The smallest absolute Gasteiger partial charge is 0.333 e. The number of hydrogen-bond donors (Lipinski definition) is 1. The third-order valence-electron chi connectivity index (χ3n) is 8.02. The molecule has 3 aliphatic rings. The van der Waals surface area contributed by atoms with Gasteiger partial charge in [0.1, 0.15) is 13.1 Å². The van der Waals surface area contributed by atoms with Crippen molar-refractivity contribution in [1.82, 2.24) is 0 Å². The number of ether oxygens (including phenoxy) is 1. The second-order valence-electron chi connectivity index (χ2n) is 10.4. The number of fused-ring (bicyclic) bond motifs is 4. The molecule has 1 unspecified atom stereocenters. The maximum atomic E-state index is 13.9. The van der Waals surface area contributed by atoms with E-state index in [0.717, 1.165) is 52.8 Å². The van der Waals surface area contributed by atoms with Gasteiger partial charge in [0.05, 0.1) is 13.1 Å². The van der Waals surface area contributed by atoms with E-state index in [-0.39, 0.29) is 17.9 Å². The van der Waals surface area contributed by atoms with Crippen LogP contribution in [-0.2, 0) is 9.53 Å². The fraction of sp³-hybridized carbons (Fsp3) is 0.290. The van der Waals surface area contributed by atoms with Crippen molar-refractivity contribution < 1.29 is 18.8 Å². The molecule has 4 heterocycles. The molecule has 3 aliphatic heterocycles. The van der Waals surface area contributed by atoms with E-state index in [1.165, 1.54) is 0 Å². The van der Waals surface area contributed by atoms with Gasteiger partial charge in [-0.3, -0.25) is 4.79 Å². The molecule has 0 amide bonds. The molecular weight excluding hydrogens is 480 g/mol. The van der Waals surface area contributed by atoms with Crippen molar-refractivity contribution in [2.75, 3.05) is 31.5 Å². The monoisotopic (exact) mass is 511 g/mol. The van der Waals surface area contributed by atoms with Gasteiger partial charge in [-0.1, -0.05) is 66.7 Å². The zero-order valence-corrected chi connectivity index (χ0v) is 21.5. The van der Waals surface area contributed by atoms with Crippen LogP contribution in [0.3, 0.4) is 0 Å². The van der Waals surface area contributed by atoms with Crippen molar-refractivity contribution in [2.45, 2.75) is 25.0 Å². The number of carbonyl (C=O) groups excluding carboxylic acids is 2. The van der Waals surface area contributed by atoms with E-state index in [0.29, 0.717) is 23.5 Å². The number of anilines is 1. The first-order valence-corrected chi connectivity index (χ1v) is 13.9. The molecule has 4 aromatic rings.